The maximum absolute atomic E-state index is 4.94. The summed E-state index contributed by atoms with van der Waals surface area (Å²) in [5.41, 5.74) is 2.61. The van der Waals surface area contributed by atoms with Crippen molar-refractivity contribution in [1.82, 2.24) is 0 Å². The summed E-state index contributed by atoms with van der Waals surface area (Å²) in [7, 11) is 0. The second-order valence-corrected chi connectivity index (χ2v) is 5.25. The Labute approximate surface area is 141 Å². The van der Waals surface area contributed by atoms with E-state index in [1.807, 2.05) is 6.07 Å². The first-order valence-corrected chi connectivity index (χ1v) is 7.88. The van der Waals surface area contributed by atoms with Crippen LogP contribution in [0.3, 0.4) is 0 Å². The summed E-state index contributed by atoms with van der Waals surface area (Å²) in [5.74, 6) is 0. The summed E-state index contributed by atoms with van der Waals surface area (Å²) in [6, 6.07) is 8.39. The van der Waals surface area contributed by atoms with Crippen molar-refractivity contribution in [2.75, 3.05) is 33.0 Å². The van der Waals surface area contributed by atoms with Crippen molar-refractivity contribution >= 4 is 5.69 Å². The molecule has 0 unspecified atom stereocenters. The normalized spacial score (nSPS) is 18.9. The molecular weight excluding hydrogens is 257 g/mol. The van der Waals surface area contributed by atoms with Gasteiger partial charge in [-0.05, 0) is 32.1 Å². The number of aryl methyl sites for hydroxylation is 1. The van der Waals surface area contributed by atoms with E-state index in [1.54, 1.807) is 0 Å². The van der Waals surface area contributed by atoms with Crippen molar-refractivity contribution in [3.63, 3.8) is 0 Å². The summed E-state index contributed by atoms with van der Waals surface area (Å²) < 4.78 is 9.89. The average molecular weight is 283 g/mol. The number of nitrogens with zero attached hydrogens (tertiary/aromatic N) is 1. The Hall–Kier alpha value is -0.463. The zero-order valence-corrected chi connectivity index (χ0v) is 13.4. The predicted molar refractivity (Wildman–Crippen MR) is 82.8 cm³/mol. The van der Waals surface area contributed by atoms with Gasteiger partial charge in [0.15, 0.2) is 0 Å². The van der Waals surface area contributed by atoms with Crippen LogP contribution in [0.1, 0.15) is 37.7 Å². The topological polar surface area (TPSA) is 32.6 Å². The minimum Gasteiger partial charge on any atom is -0.684 e. The van der Waals surface area contributed by atoms with Gasteiger partial charge in [-0.2, -0.15) is 0 Å². The molecule has 0 saturated carbocycles. The van der Waals surface area contributed by atoms with E-state index in [2.05, 4.69) is 23.5 Å². The van der Waals surface area contributed by atoms with Gasteiger partial charge in [-0.25, -0.2) is 0 Å². The second-order valence-electron chi connectivity index (χ2n) is 5.25. The fourth-order valence-electron chi connectivity index (χ4n) is 2.37. The number of ether oxygens (including phenoxy) is 2. The van der Waals surface area contributed by atoms with E-state index in [0.717, 1.165) is 33.0 Å². The first-order valence-electron chi connectivity index (χ1n) is 7.88. The SMILES string of the molecule is C1CCOC1.C1CCOC1.[Li+].c1ccc2c(c1)CCC[N-]2. The summed E-state index contributed by atoms with van der Waals surface area (Å²) in [4.78, 5) is 0. The molecule has 0 aliphatic carbocycles. The van der Waals surface area contributed by atoms with Gasteiger partial charge in [0.05, 0.1) is 0 Å². The van der Waals surface area contributed by atoms with E-state index in [1.165, 1.54) is 49.8 Å². The van der Waals surface area contributed by atoms with Crippen molar-refractivity contribution in [2.45, 2.75) is 38.5 Å². The molecule has 0 radical (unpaired) electrons. The number of hydrogen-bond acceptors (Lipinski definition) is 2. The quantitative estimate of drug-likeness (QED) is 0.671. The molecule has 3 nitrogen and oxygen atoms in total. The van der Waals surface area contributed by atoms with Crippen LogP contribution in [-0.2, 0) is 15.9 Å². The molecule has 3 aliphatic rings. The van der Waals surface area contributed by atoms with Crippen LogP contribution in [0, 0.1) is 0 Å². The molecule has 0 atom stereocenters. The van der Waals surface area contributed by atoms with Gasteiger partial charge in [0.1, 0.15) is 0 Å². The van der Waals surface area contributed by atoms with Crippen LogP contribution in [-0.4, -0.2) is 33.0 Å². The van der Waals surface area contributed by atoms with Crippen molar-refractivity contribution in [2.24, 2.45) is 0 Å². The van der Waals surface area contributed by atoms with E-state index >= 15 is 0 Å². The molecule has 3 heterocycles. The molecule has 1 aromatic carbocycles. The molecule has 4 heteroatoms. The van der Waals surface area contributed by atoms with Crippen molar-refractivity contribution in [3.8, 4) is 0 Å². The number of benzene rings is 1. The standard InChI is InChI=1S/C9H10N.2C4H8O.Li/c1-2-6-9-8(4-1)5-3-7-10-9;2*1-2-4-5-3-1;/h1-2,4,6H,3,5,7H2;2*1-4H2;/q-1;;;+1. The summed E-state index contributed by atoms with van der Waals surface area (Å²) >= 11 is 0. The third-order valence-electron chi connectivity index (χ3n) is 3.53. The van der Waals surface area contributed by atoms with Crippen LogP contribution < -0.4 is 18.9 Å². The minimum atomic E-state index is 0. The maximum atomic E-state index is 4.94. The molecule has 21 heavy (non-hydrogen) atoms. The Morgan fingerprint density at radius 1 is 0.762 bits per heavy atom. The monoisotopic (exact) mass is 283 g/mol. The molecule has 0 aromatic heterocycles. The van der Waals surface area contributed by atoms with Gasteiger partial charge in [0.25, 0.3) is 0 Å². The molecule has 0 N–H and O–H groups in total. The number of fused-ring (bicyclic) bond motifs is 1. The van der Waals surface area contributed by atoms with E-state index in [9.17, 15) is 0 Å². The molecule has 0 amide bonds. The Bertz CT molecular complexity index is 315. The van der Waals surface area contributed by atoms with Gasteiger partial charge < -0.3 is 14.8 Å². The molecule has 1 aromatic rings. The van der Waals surface area contributed by atoms with Crippen LogP contribution in [0.2, 0.25) is 0 Å². The van der Waals surface area contributed by atoms with Gasteiger partial charge in [0.2, 0.25) is 0 Å². The zero-order valence-electron chi connectivity index (χ0n) is 13.4. The zero-order chi connectivity index (χ0) is 13.9. The van der Waals surface area contributed by atoms with E-state index in [-0.39, 0.29) is 18.9 Å². The molecule has 0 spiro atoms. The number of hydrogen-bond donors (Lipinski definition) is 0. The van der Waals surface area contributed by atoms with Crippen molar-refractivity contribution < 1.29 is 28.3 Å². The smallest absolute Gasteiger partial charge is 0.684 e. The van der Waals surface area contributed by atoms with E-state index < -0.39 is 0 Å². The first kappa shape index (κ1) is 18.6. The maximum Gasteiger partial charge on any atom is 1.00 e. The third-order valence-corrected chi connectivity index (χ3v) is 3.53. The van der Waals surface area contributed by atoms with Gasteiger partial charge >= 0.3 is 18.9 Å². The summed E-state index contributed by atoms with van der Waals surface area (Å²) in [6.07, 6.45) is 7.54. The summed E-state index contributed by atoms with van der Waals surface area (Å²) in [5, 5.41) is 4.39. The molecule has 0 bridgehead atoms. The molecule has 4 rings (SSSR count). The molecule has 3 aliphatic heterocycles. The first-order chi connectivity index (χ1) is 9.97. The van der Waals surface area contributed by atoms with Gasteiger partial charge in [0, 0.05) is 26.4 Å². The second kappa shape index (κ2) is 12.1. The molecular formula is C17H26LiNO2. The Morgan fingerprint density at radius 2 is 1.33 bits per heavy atom. The van der Waals surface area contributed by atoms with Crippen LogP contribution in [0.15, 0.2) is 24.3 Å². The molecule has 112 valence electrons. The fourth-order valence-corrected chi connectivity index (χ4v) is 2.37. The van der Waals surface area contributed by atoms with Crippen LogP contribution in [0.4, 0.5) is 5.69 Å². The van der Waals surface area contributed by atoms with Crippen molar-refractivity contribution in [1.29, 1.82) is 0 Å². The summed E-state index contributed by atoms with van der Waals surface area (Å²) in [6.45, 7) is 5.01. The van der Waals surface area contributed by atoms with Crippen LogP contribution in [0.25, 0.3) is 5.32 Å². The third kappa shape index (κ3) is 7.92. The molecule has 2 saturated heterocycles. The van der Waals surface area contributed by atoms with Crippen molar-refractivity contribution in [3.05, 3.63) is 35.1 Å². The molecule has 2 fully saturated rings. The van der Waals surface area contributed by atoms with Crippen LogP contribution in [0.5, 0.6) is 0 Å². The Kier molecular flexibility index (Phi) is 10.7. The van der Waals surface area contributed by atoms with E-state index in [4.69, 9.17) is 9.47 Å². The number of rotatable bonds is 0. The minimum absolute atomic E-state index is 0. The van der Waals surface area contributed by atoms with Gasteiger partial charge in [-0.15, -0.1) is 12.2 Å². The predicted octanol–water partition coefficient (Wildman–Crippen LogP) is 1.24. The van der Waals surface area contributed by atoms with Crippen LogP contribution >= 0.6 is 0 Å². The fraction of sp³-hybridized carbons (Fsp3) is 0.647. The Morgan fingerprint density at radius 3 is 1.81 bits per heavy atom. The number of para-hydroxylation sites is 1. The van der Waals surface area contributed by atoms with E-state index in [0.29, 0.717) is 0 Å². The van der Waals surface area contributed by atoms with Gasteiger partial charge in [-0.1, -0.05) is 36.2 Å². The van der Waals surface area contributed by atoms with Gasteiger partial charge in [-0.3, -0.25) is 0 Å². The largest absolute Gasteiger partial charge is 1.00 e. The average Bonchev–Trinajstić information content (AvgIpc) is 3.25. The Balaban J connectivity index is 0.000000171.